The van der Waals surface area contributed by atoms with Crippen LogP contribution in [0.1, 0.15) is 0 Å². The van der Waals surface area contributed by atoms with Crippen molar-refractivity contribution in [2.75, 3.05) is 0 Å². The van der Waals surface area contributed by atoms with Crippen LogP contribution in [-0.2, 0) is 0 Å². The molecule has 0 aliphatic heterocycles. The summed E-state index contributed by atoms with van der Waals surface area (Å²) in [7, 11) is 0. The molecule has 0 saturated carbocycles. The lowest BCUT2D eigenvalue weighted by Gasteiger charge is -2.12. The average molecular weight is 690 g/mol. The van der Waals surface area contributed by atoms with E-state index < -0.39 is 0 Å². The van der Waals surface area contributed by atoms with Crippen LogP contribution in [0.4, 0.5) is 0 Å². The van der Waals surface area contributed by atoms with Crippen LogP contribution in [0.25, 0.3) is 99.8 Å². The fraction of sp³-hybridized carbons (Fsp3) is 0. The maximum atomic E-state index is 5.17. The number of hydrogen-bond acceptors (Lipinski definition) is 3. The van der Waals surface area contributed by atoms with Gasteiger partial charge in [0, 0.05) is 50.1 Å². The second kappa shape index (κ2) is 12.1. The summed E-state index contributed by atoms with van der Waals surface area (Å²) in [5, 5.41) is 7.18. The molecule has 0 fully saturated rings. The summed E-state index contributed by atoms with van der Waals surface area (Å²) in [6, 6.07) is 64.0. The predicted octanol–water partition coefficient (Wildman–Crippen LogP) is 12.2. The van der Waals surface area contributed by atoms with Gasteiger partial charge >= 0.3 is 0 Å². The van der Waals surface area contributed by atoms with E-state index >= 15 is 0 Å². The molecule has 0 aliphatic carbocycles. The van der Waals surface area contributed by atoms with E-state index in [2.05, 4.69) is 173 Å². The van der Waals surface area contributed by atoms with Crippen molar-refractivity contribution in [3.8, 4) is 45.4 Å². The molecule has 54 heavy (non-hydrogen) atoms. The zero-order valence-electron chi connectivity index (χ0n) is 29.1. The molecule has 0 radical (unpaired) electrons. The van der Waals surface area contributed by atoms with Gasteiger partial charge in [-0.3, -0.25) is 4.57 Å². The Balaban J connectivity index is 1.10. The van der Waals surface area contributed by atoms with Crippen molar-refractivity contribution in [3.63, 3.8) is 0 Å². The van der Waals surface area contributed by atoms with Crippen molar-refractivity contribution < 1.29 is 0 Å². The first-order valence-corrected chi connectivity index (χ1v) is 18.2. The maximum absolute atomic E-state index is 5.17. The van der Waals surface area contributed by atoms with Crippen molar-refractivity contribution in [2.45, 2.75) is 0 Å². The summed E-state index contributed by atoms with van der Waals surface area (Å²) in [4.78, 5) is 15.4. The Hall–Kier alpha value is -7.37. The zero-order valence-corrected chi connectivity index (χ0v) is 29.1. The summed E-state index contributed by atoms with van der Waals surface area (Å²) in [5.41, 5.74) is 10.4. The quantitative estimate of drug-likeness (QED) is 0.181. The molecular formula is C49H31N5. The fourth-order valence-electron chi connectivity index (χ4n) is 8.10. The van der Waals surface area contributed by atoms with E-state index in [-0.39, 0.29) is 0 Å². The molecule has 0 saturated heterocycles. The maximum Gasteiger partial charge on any atom is 0.161 e. The molecule has 0 N–H and O–H groups in total. The Morgan fingerprint density at radius 1 is 0.370 bits per heavy atom. The zero-order chi connectivity index (χ0) is 35.6. The van der Waals surface area contributed by atoms with Gasteiger partial charge in [-0.2, -0.15) is 0 Å². The monoisotopic (exact) mass is 689 g/mol. The number of rotatable bonds is 5. The predicted molar refractivity (Wildman–Crippen MR) is 222 cm³/mol. The SMILES string of the molecule is c1ccc(-c2cc(-c3cccc4ccccc34)nc(-c3ccc(-n4c5ccccc5c5cc6c7ccccc7n(-c7ccccc7)c6cc54)nc3)n2)cc1. The Kier molecular flexibility index (Phi) is 6.79. The molecule has 5 heteroatoms. The van der Waals surface area contributed by atoms with Crippen LogP contribution in [0.15, 0.2) is 188 Å². The normalized spacial score (nSPS) is 11.7. The first-order valence-electron chi connectivity index (χ1n) is 18.2. The van der Waals surface area contributed by atoms with Gasteiger partial charge in [-0.05, 0) is 65.4 Å². The second-order valence-corrected chi connectivity index (χ2v) is 13.7. The van der Waals surface area contributed by atoms with Gasteiger partial charge < -0.3 is 4.57 Å². The molecule has 5 nitrogen and oxygen atoms in total. The van der Waals surface area contributed by atoms with Crippen LogP contribution in [-0.4, -0.2) is 24.1 Å². The fourth-order valence-corrected chi connectivity index (χ4v) is 8.10. The first kappa shape index (κ1) is 30.3. The molecule has 11 rings (SSSR count). The average Bonchev–Trinajstić information content (AvgIpc) is 3.75. The minimum atomic E-state index is 0.634. The number of nitrogens with zero attached hydrogens (tertiary/aromatic N) is 5. The third kappa shape index (κ3) is 4.76. The van der Waals surface area contributed by atoms with Crippen LogP contribution >= 0.6 is 0 Å². The highest BCUT2D eigenvalue weighted by molar-refractivity contribution is 6.19. The summed E-state index contributed by atoms with van der Waals surface area (Å²) in [6.45, 7) is 0. The number of para-hydroxylation sites is 3. The van der Waals surface area contributed by atoms with Gasteiger partial charge in [-0.1, -0.05) is 127 Å². The largest absolute Gasteiger partial charge is 0.309 e. The van der Waals surface area contributed by atoms with Crippen LogP contribution in [0.3, 0.4) is 0 Å². The van der Waals surface area contributed by atoms with Gasteiger partial charge in [-0.15, -0.1) is 0 Å². The number of aromatic nitrogens is 5. The smallest absolute Gasteiger partial charge is 0.161 e. The summed E-state index contributed by atoms with van der Waals surface area (Å²) >= 11 is 0. The van der Waals surface area contributed by atoms with Gasteiger partial charge in [-0.25, -0.2) is 15.0 Å². The molecule has 0 unspecified atom stereocenters. The molecule has 4 aromatic heterocycles. The number of benzene rings is 7. The van der Waals surface area contributed by atoms with Crippen molar-refractivity contribution in [3.05, 3.63) is 188 Å². The number of pyridine rings is 1. The van der Waals surface area contributed by atoms with Crippen LogP contribution in [0.5, 0.6) is 0 Å². The Morgan fingerprint density at radius 3 is 1.72 bits per heavy atom. The van der Waals surface area contributed by atoms with Crippen molar-refractivity contribution >= 4 is 54.4 Å². The third-order valence-corrected chi connectivity index (χ3v) is 10.6. The van der Waals surface area contributed by atoms with Gasteiger partial charge in [0.25, 0.3) is 0 Å². The molecule has 0 spiro atoms. The Labute approximate surface area is 311 Å². The number of fused-ring (bicyclic) bond motifs is 7. The first-order chi connectivity index (χ1) is 26.8. The topological polar surface area (TPSA) is 48.5 Å². The second-order valence-electron chi connectivity index (χ2n) is 13.7. The molecule has 11 aromatic rings. The van der Waals surface area contributed by atoms with Crippen LogP contribution in [0.2, 0.25) is 0 Å². The van der Waals surface area contributed by atoms with Gasteiger partial charge in [0.2, 0.25) is 0 Å². The molecule has 0 atom stereocenters. The minimum Gasteiger partial charge on any atom is -0.309 e. The number of hydrogen-bond donors (Lipinski definition) is 0. The summed E-state index contributed by atoms with van der Waals surface area (Å²) < 4.78 is 4.65. The van der Waals surface area contributed by atoms with Gasteiger partial charge in [0.1, 0.15) is 5.82 Å². The minimum absolute atomic E-state index is 0.634. The van der Waals surface area contributed by atoms with Gasteiger partial charge in [0.15, 0.2) is 5.82 Å². The molecule has 4 heterocycles. The standard InChI is InChI=1S/C49H31N5/c1-3-15-33(16-4-1)42-29-43(37-23-13-17-32-14-7-8-20-36(32)37)52-49(51-42)34-26-27-48(50-31-34)54-45-25-12-10-22-39(45)41-28-40-38-21-9-11-24-44(38)53(46(40)30-47(41)54)35-18-5-2-6-19-35/h1-31H. The highest BCUT2D eigenvalue weighted by atomic mass is 15.1. The van der Waals surface area contributed by atoms with E-state index in [0.29, 0.717) is 5.82 Å². The summed E-state index contributed by atoms with van der Waals surface area (Å²) in [6.07, 6.45) is 1.91. The van der Waals surface area contributed by atoms with E-state index in [1.165, 1.54) is 32.4 Å². The molecule has 0 aliphatic rings. The van der Waals surface area contributed by atoms with E-state index in [0.717, 1.165) is 61.5 Å². The molecule has 252 valence electrons. The van der Waals surface area contributed by atoms with Crippen molar-refractivity contribution in [1.29, 1.82) is 0 Å². The van der Waals surface area contributed by atoms with Crippen molar-refractivity contribution in [2.24, 2.45) is 0 Å². The van der Waals surface area contributed by atoms with Gasteiger partial charge in [0.05, 0.1) is 33.5 Å². The van der Waals surface area contributed by atoms with E-state index in [1.807, 2.05) is 24.4 Å². The third-order valence-electron chi connectivity index (χ3n) is 10.6. The highest BCUT2D eigenvalue weighted by Crippen LogP contribution is 2.39. The van der Waals surface area contributed by atoms with Crippen LogP contribution in [0, 0.1) is 0 Å². The van der Waals surface area contributed by atoms with E-state index in [9.17, 15) is 0 Å². The van der Waals surface area contributed by atoms with Crippen molar-refractivity contribution in [1.82, 2.24) is 24.1 Å². The molecule has 0 amide bonds. The highest BCUT2D eigenvalue weighted by Gasteiger charge is 2.19. The lowest BCUT2D eigenvalue weighted by molar-refractivity contribution is 1.07. The molecular weight excluding hydrogens is 659 g/mol. The lowest BCUT2D eigenvalue weighted by atomic mass is 10.0. The lowest BCUT2D eigenvalue weighted by Crippen LogP contribution is -2.00. The molecule has 7 aromatic carbocycles. The Bertz CT molecular complexity index is 3190. The van der Waals surface area contributed by atoms with Crippen LogP contribution < -0.4 is 0 Å². The van der Waals surface area contributed by atoms with E-state index in [1.54, 1.807) is 0 Å². The Morgan fingerprint density at radius 2 is 0.981 bits per heavy atom. The summed E-state index contributed by atoms with van der Waals surface area (Å²) in [5.74, 6) is 1.47. The molecule has 0 bridgehead atoms. The van der Waals surface area contributed by atoms with E-state index in [4.69, 9.17) is 15.0 Å².